The summed E-state index contributed by atoms with van der Waals surface area (Å²) >= 11 is -2.33. The van der Waals surface area contributed by atoms with Crippen LogP contribution in [-0.2, 0) is 17.6 Å². The van der Waals surface area contributed by atoms with Crippen LogP contribution in [0.3, 0.4) is 0 Å². The zero-order chi connectivity index (χ0) is 25.8. The standard InChI is InChI=1S/C32H30INO3/c1-32(2)30(35)34(27-17-19-29(20-18-27)37-28-15-7-4-8-16-28)31(36)33(32)22-21-25-13-9-10-14-26(25)23-24-11-5-3-6-12-24/h3-20H,21-23H2,1-2H3. The van der Waals surface area contributed by atoms with Gasteiger partial charge in [-0.2, -0.15) is 0 Å². The van der Waals surface area contributed by atoms with E-state index in [9.17, 15) is 9.59 Å². The summed E-state index contributed by atoms with van der Waals surface area (Å²) in [4.78, 5) is 28.5. The monoisotopic (exact) mass is 603 g/mol. The second-order valence-electron chi connectivity index (χ2n) is 9.51. The van der Waals surface area contributed by atoms with E-state index in [4.69, 9.17) is 4.74 Å². The summed E-state index contributed by atoms with van der Waals surface area (Å²) < 4.78 is 6.06. The third-order valence-electron chi connectivity index (χ3n) is 6.64. The van der Waals surface area contributed by atoms with E-state index in [1.165, 1.54) is 21.6 Å². The molecule has 1 aliphatic heterocycles. The van der Waals surface area contributed by atoms with Gasteiger partial charge in [0.25, 0.3) is 0 Å². The first-order chi connectivity index (χ1) is 17.9. The number of aryl methyl sites for hydroxylation is 1. The van der Waals surface area contributed by atoms with Crippen molar-refractivity contribution >= 4 is 35.3 Å². The van der Waals surface area contributed by atoms with Crippen LogP contribution >= 0.6 is 19.8 Å². The number of ether oxygens (including phenoxy) is 1. The number of rotatable bonds is 8. The molecule has 4 nitrogen and oxygen atoms in total. The second-order valence-corrected chi connectivity index (χ2v) is 16.3. The minimum atomic E-state index is -2.33. The number of hydrogen-bond acceptors (Lipinski definition) is 3. The molecule has 1 heterocycles. The summed E-state index contributed by atoms with van der Waals surface area (Å²) in [7, 11) is 0. The zero-order valence-corrected chi connectivity index (χ0v) is 23.2. The second kappa shape index (κ2) is 10.9. The number of anilines is 1. The molecule has 0 N–H and O–H groups in total. The van der Waals surface area contributed by atoms with Crippen LogP contribution in [0.25, 0.3) is 0 Å². The van der Waals surface area contributed by atoms with Crippen molar-refractivity contribution in [2.24, 2.45) is 0 Å². The van der Waals surface area contributed by atoms with Gasteiger partial charge in [-0.1, -0.05) is 0 Å². The van der Waals surface area contributed by atoms with Crippen LogP contribution in [0.15, 0.2) is 109 Å². The first-order valence-corrected chi connectivity index (χ1v) is 16.1. The summed E-state index contributed by atoms with van der Waals surface area (Å²) in [6.45, 7) is 3.92. The molecule has 37 heavy (non-hydrogen) atoms. The fourth-order valence-corrected chi connectivity index (χ4v) is 10.5. The molecule has 1 saturated heterocycles. The van der Waals surface area contributed by atoms with Gasteiger partial charge in [-0.05, 0) is 0 Å². The van der Waals surface area contributed by atoms with Gasteiger partial charge < -0.3 is 0 Å². The number of carbonyl (C=O) groups is 2. The van der Waals surface area contributed by atoms with Gasteiger partial charge in [0.1, 0.15) is 0 Å². The van der Waals surface area contributed by atoms with E-state index in [0.717, 1.165) is 23.0 Å². The topological polar surface area (TPSA) is 46.6 Å². The summed E-state index contributed by atoms with van der Waals surface area (Å²) in [5.74, 6) is 1.32. The Balaban J connectivity index is 1.31. The number of para-hydroxylation sites is 1. The predicted molar refractivity (Wildman–Crippen MR) is 158 cm³/mol. The van der Waals surface area contributed by atoms with Crippen LogP contribution in [0.5, 0.6) is 11.5 Å². The van der Waals surface area contributed by atoms with Gasteiger partial charge in [-0.3, -0.25) is 0 Å². The number of hydrogen-bond donors (Lipinski definition) is 0. The number of imide groups is 1. The van der Waals surface area contributed by atoms with Crippen molar-refractivity contribution in [3.05, 3.63) is 126 Å². The van der Waals surface area contributed by atoms with Crippen molar-refractivity contribution < 1.29 is 14.3 Å². The molecule has 188 valence electrons. The Hall–Kier alpha value is -3.45. The fraction of sp³-hybridized carbons (Fsp3) is 0.188. The van der Waals surface area contributed by atoms with Crippen molar-refractivity contribution in [3.8, 4) is 11.5 Å². The van der Waals surface area contributed by atoms with E-state index in [0.29, 0.717) is 11.4 Å². The molecule has 4 aromatic carbocycles. The van der Waals surface area contributed by atoms with Gasteiger partial charge in [-0.25, -0.2) is 0 Å². The van der Waals surface area contributed by atoms with Crippen LogP contribution in [-0.4, -0.2) is 17.7 Å². The van der Waals surface area contributed by atoms with Crippen LogP contribution in [0, 0.1) is 0 Å². The van der Waals surface area contributed by atoms with Crippen molar-refractivity contribution in [1.82, 2.24) is 0 Å². The number of carbonyl (C=O) groups excluding carboxylic acids is 2. The normalized spacial score (nSPS) is 15.7. The fourth-order valence-electron chi connectivity index (χ4n) is 4.56. The molecule has 2 amide bonds. The molecular formula is C32H30INO3. The predicted octanol–water partition coefficient (Wildman–Crippen LogP) is 8.06. The van der Waals surface area contributed by atoms with Crippen LogP contribution in [0.4, 0.5) is 10.5 Å². The Morgan fingerprint density at radius 3 is 1.95 bits per heavy atom. The molecule has 0 aromatic heterocycles. The molecule has 0 saturated carbocycles. The van der Waals surface area contributed by atoms with Gasteiger partial charge in [-0.15, -0.1) is 0 Å². The number of amides is 2. The average Bonchev–Trinajstić information content (AvgIpc) is 3.08. The Bertz CT molecular complexity index is 1380. The van der Waals surface area contributed by atoms with E-state index < -0.39 is 23.2 Å². The van der Waals surface area contributed by atoms with Gasteiger partial charge in [0.15, 0.2) is 0 Å². The Labute approximate surface area is 225 Å². The number of benzene rings is 4. The molecule has 5 rings (SSSR count). The van der Waals surface area contributed by atoms with Crippen molar-refractivity contribution in [2.75, 3.05) is 9.33 Å². The first kappa shape index (κ1) is 25.2. The molecule has 0 radical (unpaired) electrons. The zero-order valence-electron chi connectivity index (χ0n) is 21.1. The number of halogens is 1. The molecule has 0 bridgehead atoms. The minimum absolute atomic E-state index is 0.0245. The Kier molecular flexibility index (Phi) is 7.42. The van der Waals surface area contributed by atoms with Gasteiger partial charge in [0, 0.05) is 0 Å². The summed E-state index contributed by atoms with van der Waals surface area (Å²) in [6.07, 6.45) is 1.68. The SMILES string of the molecule is CC1(C)C(=O)N(c2ccc(Oc3ccccc3)cc2)C(=O)I1CCc1ccccc1Cc1ccccc1. The summed E-state index contributed by atoms with van der Waals surface area (Å²) in [5, 5.41) is 0. The molecule has 1 aliphatic rings. The molecule has 0 atom stereocenters. The molecule has 5 heteroatoms. The molecule has 0 spiro atoms. The Morgan fingerprint density at radius 2 is 1.27 bits per heavy atom. The van der Waals surface area contributed by atoms with E-state index in [1.807, 2.05) is 62.4 Å². The number of alkyl halides is 2. The van der Waals surface area contributed by atoms with Gasteiger partial charge >= 0.3 is 226 Å². The van der Waals surface area contributed by atoms with E-state index in [1.54, 1.807) is 12.1 Å². The third-order valence-corrected chi connectivity index (χ3v) is 13.6. The first-order valence-electron chi connectivity index (χ1n) is 12.4. The van der Waals surface area contributed by atoms with Crippen LogP contribution in [0.1, 0.15) is 30.5 Å². The van der Waals surface area contributed by atoms with E-state index in [-0.39, 0.29) is 9.82 Å². The molecule has 0 unspecified atom stereocenters. The third kappa shape index (κ3) is 5.47. The van der Waals surface area contributed by atoms with Gasteiger partial charge in [0.05, 0.1) is 0 Å². The van der Waals surface area contributed by atoms with Crippen molar-refractivity contribution in [1.29, 1.82) is 0 Å². The maximum atomic E-state index is 13.6. The van der Waals surface area contributed by atoms with Crippen LogP contribution in [0.2, 0.25) is 0 Å². The molecular weight excluding hydrogens is 573 g/mol. The average molecular weight is 604 g/mol. The van der Waals surface area contributed by atoms with Gasteiger partial charge in [0.2, 0.25) is 0 Å². The molecule has 0 aliphatic carbocycles. The van der Waals surface area contributed by atoms with Crippen molar-refractivity contribution in [3.63, 3.8) is 0 Å². The maximum absolute atomic E-state index is 13.6. The van der Waals surface area contributed by atoms with Crippen molar-refractivity contribution in [2.45, 2.75) is 30.1 Å². The summed E-state index contributed by atoms with van der Waals surface area (Å²) in [6, 6.07) is 35.7. The number of nitrogens with zero attached hydrogens (tertiary/aromatic N) is 1. The quantitative estimate of drug-likeness (QED) is 0.0886. The van der Waals surface area contributed by atoms with E-state index in [2.05, 4.69) is 48.5 Å². The van der Waals surface area contributed by atoms with Crippen LogP contribution < -0.4 is 9.64 Å². The summed E-state index contributed by atoms with van der Waals surface area (Å²) in [5.41, 5.74) is 4.44. The van der Waals surface area contributed by atoms with E-state index >= 15 is 0 Å². The molecule has 4 aromatic rings. The Morgan fingerprint density at radius 1 is 0.703 bits per heavy atom. The molecule has 1 fully saturated rings.